The lowest BCUT2D eigenvalue weighted by molar-refractivity contribution is -0.139. The summed E-state index contributed by atoms with van der Waals surface area (Å²) in [6.07, 6.45) is 5.08. The molecule has 1 saturated carbocycles. The molecule has 3 aliphatic heterocycles. The van der Waals surface area contributed by atoms with E-state index < -0.39 is 0 Å². The molecule has 176 valence electrons. The van der Waals surface area contributed by atoms with Gasteiger partial charge in [0, 0.05) is 33.6 Å². The Morgan fingerprint density at radius 3 is 2.50 bits per heavy atom. The SMILES string of the molecule is Cc1sc2c(c1C)C(c1ccc(Cl)cc1)=N[C@@H](CC(=O)N1CC3CCC1CC3)c1nnc(C)n1-2. The molecule has 0 N–H and O–H groups in total. The number of fused-ring (bicyclic) bond motifs is 6. The van der Waals surface area contributed by atoms with E-state index in [9.17, 15) is 4.79 Å². The molecule has 7 rings (SSSR count). The fourth-order valence-corrected chi connectivity index (χ4v) is 7.13. The second kappa shape index (κ2) is 8.31. The first kappa shape index (κ1) is 22.0. The predicted molar refractivity (Wildman–Crippen MR) is 135 cm³/mol. The number of halogens is 1. The first-order chi connectivity index (χ1) is 16.4. The molecule has 2 bridgehead atoms. The van der Waals surface area contributed by atoms with E-state index in [1.807, 2.05) is 31.2 Å². The molecule has 1 amide bonds. The van der Waals surface area contributed by atoms with Gasteiger partial charge in [0.25, 0.3) is 0 Å². The molecule has 1 aliphatic carbocycles. The normalized spacial score (nSPS) is 23.4. The minimum Gasteiger partial charge on any atom is -0.339 e. The highest BCUT2D eigenvalue weighted by Crippen LogP contribution is 2.41. The Morgan fingerprint density at radius 2 is 1.82 bits per heavy atom. The van der Waals surface area contributed by atoms with Crippen molar-refractivity contribution in [3.63, 3.8) is 0 Å². The summed E-state index contributed by atoms with van der Waals surface area (Å²) in [4.78, 5) is 22.2. The smallest absolute Gasteiger partial charge is 0.225 e. The molecule has 34 heavy (non-hydrogen) atoms. The van der Waals surface area contributed by atoms with Crippen LogP contribution in [-0.2, 0) is 4.79 Å². The van der Waals surface area contributed by atoms with Gasteiger partial charge in [0.2, 0.25) is 5.91 Å². The third-order valence-corrected chi connectivity index (χ3v) is 9.20. The molecule has 2 saturated heterocycles. The third kappa shape index (κ3) is 3.52. The lowest BCUT2D eigenvalue weighted by atomic mass is 9.80. The summed E-state index contributed by atoms with van der Waals surface area (Å²) in [6, 6.07) is 7.81. The third-order valence-electron chi connectivity index (χ3n) is 7.76. The van der Waals surface area contributed by atoms with Crippen molar-refractivity contribution in [1.82, 2.24) is 19.7 Å². The lowest BCUT2D eigenvalue weighted by Crippen LogP contribution is -2.51. The molecule has 3 aromatic rings. The Labute approximate surface area is 208 Å². The van der Waals surface area contributed by atoms with Gasteiger partial charge in [-0.1, -0.05) is 23.7 Å². The summed E-state index contributed by atoms with van der Waals surface area (Å²) < 4.78 is 2.12. The van der Waals surface area contributed by atoms with E-state index in [0.717, 1.165) is 52.9 Å². The van der Waals surface area contributed by atoms with Crippen molar-refractivity contribution >= 4 is 34.6 Å². The predicted octanol–water partition coefficient (Wildman–Crippen LogP) is 5.59. The van der Waals surface area contributed by atoms with Gasteiger partial charge < -0.3 is 4.90 Å². The van der Waals surface area contributed by atoms with E-state index in [-0.39, 0.29) is 11.9 Å². The monoisotopic (exact) mass is 493 g/mol. The number of thiophene rings is 1. The number of aromatic nitrogens is 3. The average Bonchev–Trinajstić information content (AvgIpc) is 3.32. The fraction of sp³-hybridized carbons (Fsp3) is 0.462. The highest BCUT2D eigenvalue weighted by atomic mass is 35.5. The van der Waals surface area contributed by atoms with E-state index in [1.54, 1.807) is 11.3 Å². The second-order valence-corrected chi connectivity index (χ2v) is 11.5. The van der Waals surface area contributed by atoms with Gasteiger partial charge in [-0.05, 0) is 70.1 Å². The zero-order valence-corrected chi connectivity index (χ0v) is 21.3. The Morgan fingerprint density at radius 1 is 1.09 bits per heavy atom. The van der Waals surface area contributed by atoms with Crippen LogP contribution in [0.3, 0.4) is 0 Å². The van der Waals surface area contributed by atoms with E-state index in [2.05, 4.69) is 33.5 Å². The standard InChI is InChI=1S/C26H28ClN5OS/c1-14-15(2)34-26-23(14)24(18-6-8-19(27)9-7-18)28-21(25-30-29-16(3)32(25)26)12-22(33)31-13-17-4-10-20(31)11-5-17/h6-9,17,20-21H,4-5,10-13H2,1-3H3/t17?,20?,21-/m0/s1. The number of aliphatic imine (C=N–C) groups is 1. The quantitative estimate of drug-likeness (QED) is 0.477. The number of benzene rings is 1. The highest BCUT2D eigenvalue weighted by molar-refractivity contribution is 7.15. The molecular weight excluding hydrogens is 466 g/mol. The van der Waals surface area contributed by atoms with Gasteiger partial charge in [0.1, 0.15) is 16.9 Å². The summed E-state index contributed by atoms with van der Waals surface area (Å²) in [5.41, 5.74) is 4.20. The lowest BCUT2D eigenvalue weighted by Gasteiger charge is -2.45. The number of nitrogens with zero attached hydrogens (tertiary/aromatic N) is 5. The number of aryl methyl sites for hydroxylation is 2. The van der Waals surface area contributed by atoms with Crippen molar-refractivity contribution in [2.24, 2.45) is 10.9 Å². The van der Waals surface area contributed by atoms with E-state index in [1.165, 1.54) is 23.3 Å². The molecule has 1 atom stereocenters. The number of hydrogen-bond donors (Lipinski definition) is 0. The number of amides is 1. The minimum absolute atomic E-state index is 0.184. The van der Waals surface area contributed by atoms with Crippen LogP contribution in [0.25, 0.3) is 5.00 Å². The van der Waals surface area contributed by atoms with Crippen molar-refractivity contribution < 1.29 is 4.79 Å². The van der Waals surface area contributed by atoms with Gasteiger partial charge in [-0.25, -0.2) is 0 Å². The first-order valence-electron chi connectivity index (χ1n) is 12.1. The van der Waals surface area contributed by atoms with Gasteiger partial charge in [-0.2, -0.15) is 0 Å². The number of piperidine rings is 2. The van der Waals surface area contributed by atoms with Gasteiger partial charge in [0.15, 0.2) is 5.82 Å². The van der Waals surface area contributed by atoms with Crippen LogP contribution in [0.4, 0.5) is 0 Å². The van der Waals surface area contributed by atoms with Crippen molar-refractivity contribution in [2.45, 2.75) is 65.0 Å². The van der Waals surface area contributed by atoms with Crippen molar-refractivity contribution in [3.05, 3.63) is 62.5 Å². The zero-order chi connectivity index (χ0) is 23.6. The van der Waals surface area contributed by atoms with Crippen LogP contribution < -0.4 is 0 Å². The van der Waals surface area contributed by atoms with E-state index in [4.69, 9.17) is 16.6 Å². The maximum absolute atomic E-state index is 13.6. The summed E-state index contributed by atoms with van der Waals surface area (Å²) in [5, 5.41) is 10.7. The first-order valence-corrected chi connectivity index (χ1v) is 13.3. The number of carbonyl (C=O) groups excluding carboxylic acids is 1. The summed E-state index contributed by atoms with van der Waals surface area (Å²) >= 11 is 7.93. The van der Waals surface area contributed by atoms with Crippen LogP contribution in [0.5, 0.6) is 0 Å². The van der Waals surface area contributed by atoms with E-state index >= 15 is 0 Å². The topological polar surface area (TPSA) is 63.4 Å². The summed E-state index contributed by atoms with van der Waals surface area (Å²) in [6.45, 7) is 7.15. The van der Waals surface area contributed by atoms with E-state index in [0.29, 0.717) is 23.4 Å². The number of carbonyl (C=O) groups is 1. The van der Waals surface area contributed by atoms with Gasteiger partial charge in [-0.3, -0.25) is 14.4 Å². The molecule has 5 heterocycles. The number of rotatable bonds is 3. The second-order valence-electron chi connectivity index (χ2n) is 9.83. The Kier molecular flexibility index (Phi) is 5.37. The molecule has 0 unspecified atom stereocenters. The van der Waals surface area contributed by atoms with Crippen LogP contribution in [-0.4, -0.2) is 43.9 Å². The highest BCUT2D eigenvalue weighted by Gasteiger charge is 2.38. The van der Waals surface area contributed by atoms with Gasteiger partial charge in [-0.15, -0.1) is 21.5 Å². The molecule has 1 aromatic carbocycles. The molecule has 3 fully saturated rings. The largest absolute Gasteiger partial charge is 0.339 e. The molecule has 0 spiro atoms. The van der Waals surface area contributed by atoms with Crippen LogP contribution in [0.1, 0.15) is 71.4 Å². The average molecular weight is 494 g/mol. The summed E-state index contributed by atoms with van der Waals surface area (Å²) in [5.74, 6) is 2.41. The van der Waals surface area contributed by atoms with Gasteiger partial charge >= 0.3 is 0 Å². The van der Waals surface area contributed by atoms with Crippen LogP contribution in [0.2, 0.25) is 5.02 Å². The fourth-order valence-electron chi connectivity index (χ4n) is 5.79. The minimum atomic E-state index is -0.390. The Bertz CT molecular complexity index is 1300. The maximum atomic E-state index is 13.6. The molecule has 2 aromatic heterocycles. The van der Waals surface area contributed by atoms with Crippen LogP contribution in [0.15, 0.2) is 29.3 Å². The van der Waals surface area contributed by atoms with Crippen molar-refractivity contribution in [1.29, 1.82) is 0 Å². The molecular formula is C26H28ClN5OS. The Hall–Kier alpha value is -2.51. The van der Waals surface area contributed by atoms with Crippen molar-refractivity contribution in [3.8, 4) is 5.00 Å². The van der Waals surface area contributed by atoms with Crippen LogP contribution in [0, 0.1) is 26.7 Å². The van der Waals surface area contributed by atoms with Crippen molar-refractivity contribution in [2.75, 3.05) is 6.54 Å². The number of hydrogen-bond acceptors (Lipinski definition) is 5. The summed E-state index contributed by atoms with van der Waals surface area (Å²) in [7, 11) is 0. The molecule has 4 aliphatic rings. The molecule has 8 heteroatoms. The maximum Gasteiger partial charge on any atom is 0.225 e. The Balaban J connectivity index is 1.47. The molecule has 6 nitrogen and oxygen atoms in total. The zero-order valence-electron chi connectivity index (χ0n) is 19.7. The van der Waals surface area contributed by atoms with Gasteiger partial charge in [0.05, 0.1) is 12.1 Å². The molecule has 0 radical (unpaired) electrons. The van der Waals surface area contributed by atoms with Crippen LogP contribution >= 0.6 is 22.9 Å².